The first-order chi connectivity index (χ1) is 9.85. The highest BCUT2D eigenvalue weighted by Crippen LogP contribution is 2.29. The Balaban J connectivity index is 0.00000161. The molecule has 3 aromatic rings. The quantitative estimate of drug-likeness (QED) is 0.551. The van der Waals surface area contributed by atoms with Crippen LogP contribution in [0, 0.1) is 0 Å². The number of nitrogens with one attached hydrogen (secondary N) is 1. The summed E-state index contributed by atoms with van der Waals surface area (Å²) in [4.78, 5) is 0. The summed E-state index contributed by atoms with van der Waals surface area (Å²) in [5.41, 5.74) is 3.96. The van der Waals surface area contributed by atoms with E-state index in [1.165, 1.54) is 27.4 Å². The van der Waals surface area contributed by atoms with Crippen molar-refractivity contribution in [2.24, 2.45) is 0 Å². The third kappa shape index (κ3) is 2.82. The van der Waals surface area contributed by atoms with E-state index in [0.29, 0.717) is 0 Å². The molecule has 0 bridgehead atoms. The van der Waals surface area contributed by atoms with Gasteiger partial charge in [-0.3, -0.25) is 0 Å². The molecular weight excluding hydrogens is 280 g/mol. The molecule has 0 amide bonds. The smallest absolute Gasteiger partial charge is 0.0491 e. The van der Waals surface area contributed by atoms with Gasteiger partial charge in [-0.25, -0.2) is 0 Å². The topological polar surface area (TPSA) is 17.0 Å². The molecule has 0 saturated carbocycles. The molecule has 2 aromatic carbocycles. The molecule has 0 aliphatic carbocycles. The number of nitrogens with zero attached hydrogens (tertiary/aromatic N) is 1. The van der Waals surface area contributed by atoms with Crippen molar-refractivity contribution in [3.05, 3.63) is 60.7 Å². The summed E-state index contributed by atoms with van der Waals surface area (Å²) >= 11 is 0. The Morgan fingerprint density at radius 2 is 1.86 bits per heavy atom. The molecule has 0 aliphatic rings. The third-order valence-electron chi connectivity index (χ3n) is 3.77. The Bertz CT molecular complexity index is 758. The van der Waals surface area contributed by atoms with Gasteiger partial charge in [-0.2, -0.15) is 0 Å². The highest BCUT2D eigenvalue weighted by molar-refractivity contribution is 6.08. The van der Waals surface area contributed by atoms with Crippen molar-refractivity contribution in [2.75, 3.05) is 6.54 Å². The number of aromatic nitrogens is 1. The van der Waals surface area contributed by atoms with Crippen molar-refractivity contribution in [1.82, 2.24) is 9.88 Å². The van der Waals surface area contributed by atoms with Crippen LogP contribution in [0.25, 0.3) is 21.8 Å². The molecule has 3 rings (SSSR count). The van der Waals surface area contributed by atoms with E-state index in [2.05, 4.69) is 65.9 Å². The van der Waals surface area contributed by atoms with Crippen molar-refractivity contribution in [1.29, 1.82) is 0 Å². The van der Waals surface area contributed by atoms with E-state index in [1.54, 1.807) is 0 Å². The summed E-state index contributed by atoms with van der Waals surface area (Å²) in [6.07, 6.45) is 1.89. The molecule has 1 heterocycles. The van der Waals surface area contributed by atoms with Crippen LogP contribution in [0.3, 0.4) is 0 Å². The van der Waals surface area contributed by atoms with Crippen molar-refractivity contribution in [3.63, 3.8) is 0 Å². The van der Waals surface area contributed by atoms with Gasteiger partial charge in [-0.05, 0) is 30.7 Å². The average Bonchev–Trinajstić information content (AvgIpc) is 2.81. The number of aryl methyl sites for hydroxylation is 1. The van der Waals surface area contributed by atoms with Crippen molar-refractivity contribution >= 4 is 21.8 Å². The third-order valence-corrected chi connectivity index (χ3v) is 3.77. The summed E-state index contributed by atoms with van der Waals surface area (Å²) in [6.45, 7) is 8.65. The van der Waals surface area contributed by atoms with Crippen molar-refractivity contribution in [2.45, 2.75) is 20.0 Å². The number of halogens is 1. The maximum absolute atomic E-state index is 3.73. The molecule has 0 saturated heterocycles. The lowest BCUT2D eigenvalue weighted by Gasteiger charge is -2.05. The minimum Gasteiger partial charge on any atom is -1.00 e. The van der Waals surface area contributed by atoms with Crippen molar-refractivity contribution in [3.8, 4) is 0 Å². The second kappa shape index (κ2) is 6.79. The van der Waals surface area contributed by atoms with Crippen LogP contribution in [0.4, 0.5) is 0 Å². The molecule has 0 fully saturated rings. The van der Waals surface area contributed by atoms with Crippen LogP contribution in [-0.4, -0.2) is 11.1 Å². The molecule has 0 atom stereocenters. The van der Waals surface area contributed by atoms with Crippen molar-refractivity contribution < 1.29 is 12.4 Å². The molecule has 110 valence electrons. The van der Waals surface area contributed by atoms with Gasteiger partial charge in [0, 0.05) is 41.4 Å². The number of fused-ring (bicyclic) bond motifs is 3. The number of hydrogen-bond acceptors (Lipinski definition) is 1. The molecule has 1 N–H and O–H groups in total. The van der Waals surface area contributed by atoms with E-state index < -0.39 is 0 Å². The standard InChI is InChI=1S/C18H20N2.ClH/c1-3-11-19-13-14-9-10-18-16(12-14)15-7-5-6-8-17(15)20(18)4-2;/h3,5-10,12,19H,1,4,11,13H2,2H3;1H/p-1. The van der Waals surface area contributed by atoms with Gasteiger partial charge in [-0.15, -0.1) is 6.58 Å². The van der Waals surface area contributed by atoms with Crippen LogP contribution in [0.5, 0.6) is 0 Å². The molecule has 3 heteroatoms. The second-order valence-electron chi connectivity index (χ2n) is 5.03. The maximum atomic E-state index is 3.73. The van der Waals surface area contributed by atoms with E-state index in [-0.39, 0.29) is 12.4 Å². The van der Waals surface area contributed by atoms with Crippen LogP contribution in [0.1, 0.15) is 12.5 Å². The molecule has 1 aromatic heterocycles. The van der Waals surface area contributed by atoms with Gasteiger partial charge in [0.1, 0.15) is 0 Å². The van der Waals surface area contributed by atoms with Gasteiger partial charge in [0.25, 0.3) is 0 Å². The van der Waals surface area contributed by atoms with Gasteiger partial charge in [0.05, 0.1) is 0 Å². The molecule has 0 aliphatic heterocycles. The Morgan fingerprint density at radius 3 is 2.62 bits per heavy atom. The minimum atomic E-state index is 0. The number of rotatable bonds is 5. The van der Waals surface area contributed by atoms with Crippen LogP contribution in [-0.2, 0) is 13.1 Å². The predicted molar refractivity (Wildman–Crippen MR) is 87.0 cm³/mol. The zero-order valence-corrected chi connectivity index (χ0v) is 13.0. The fraction of sp³-hybridized carbons (Fsp3) is 0.222. The van der Waals surface area contributed by atoms with Crippen LogP contribution >= 0.6 is 0 Å². The lowest BCUT2D eigenvalue weighted by atomic mass is 10.1. The molecule has 2 nitrogen and oxygen atoms in total. The monoisotopic (exact) mass is 299 g/mol. The zero-order valence-electron chi connectivity index (χ0n) is 12.3. The summed E-state index contributed by atoms with van der Waals surface area (Å²) < 4.78 is 2.38. The van der Waals surface area contributed by atoms with E-state index in [9.17, 15) is 0 Å². The first-order valence-corrected chi connectivity index (χ1v) is 7.16. The Kier molecular flexibility index (Phi) is 5.05. The summed E-state index contributed by atoms with van der Waals surface area (Å²) in [5.74, 6) is 0. The number of para-hydroxylation sites is 1. The Morgan fingerprint density at radius 1 is 1.10 bits per heavy atom. The second-order valence-corrected chi connectivity index (χ2v) is 5.03. The number of benzene rings is 2. The first kappa shape index (κ1) is 15.6. The summed E-state index contributed by atoms with van der Waals surface area (Å²) in [6, 6.07) is 15.4. The van der Waals surface area contributed by atoms with Gasteiger partial charge in [0.2, 0.25) is 0 Å². The van der Waals surface area contributed by atoms with E-state index in [4.69, 9.17) is 0 Å². The molecule has 0 unspecified atom stereocenters. The minimum absolute atomic E-state index is 0. The summed E-state index contributed by atoms with van der Waals surface area (Å²) in [7, 11) is 0. The van der Waals surface area contributed by atoms with Crippen LogP contribution in [0.15, 0.2) is 55.1 Å². The number of hydrogen-bond donors (Lipinski definition) is 1. The molecule has 21 heavy (non-hydrogen) atoms. The SMILES string of the molecule is C=CCNCc1ccc2c(c1)c1ccccc1n2CC.[Cl-]. The molecule has 0 radical (unpaired) electrons. The summed E-state index contributed by atoms with van der Waals surface area (Å²) in [5, 5.41) is 6.05. The van der Waals surface area contributed by atoms with Gasteiger partial charge in [-0.1, -0.05) is 30.3 Å². The predicted octanol–water partition coefficient (Wildman–Crippen LogP) is 1.09. The first-order valence-electron chi connectivity index (χ1n) is 7.16. The highest BCUT2D eigenvalue weighted by Gasteiger charge is 2.09. The largest absolute Gasteiger partial charge is 1.00 e. The van der Waals surface area contributed by atoms with Crippen LogP contribution in [0.2, 0.25) is 0 Å². The van der Waals surface area contributed by atoms with E-state index >= 15 is 0 Å². The van der Waals surface area contributed by atoms with Crippen LogP contribution < -0.4 is 17.7 Å². The van der Waals surface area contributed by atoms with Gasteiger partial charge in [0.15, 0.2) is 0 Å². The Labute approximate surface area is 131 Å². The van der Waals surface area contributed by atoms with Gasteiger partial charge < -0.3 is 22.3 Å². The fourth-order valence-corrected chi connectivity index (χ4v) is 2.87. The average molecular weight is 300 g/mol. The normalized spacial score (nSPS) is 10.7. The molecule has 0 spiro atoms. The zero-order chi connectivity index (χ0) is 13.9. The maximum Gasteiger partial charge on any atom is 0.0491 e. The van der Waals surface area contributed by atoms with Gasteiger partial charge >= 0.3 is 0 Å². The molecular formula is C18H20ClN2-. The fourth-order valence-electron chi connectivity index (χ4n) is 2.87. The Hall–Kier alpha value is -1.77. The van der Waals surface area contributed by atoms with E-state index in [0.717, 1.165) is 19.6 Å². The van der Waals surface area contributed by atoms with E-state index in [1.807, 2.05) is 6.08 Å². The highest BCUT2D eigenvalue weighted by atomic mass is 35.5. The lowest BCUT2D eigenvalue weighted by Crippen LogP contribution is -3.00. The lowest BCUT2D eigenvalue weighted by molar-refractivity contribution is -0.00000403.